The topological polar surface area (TPSA) is 95.9 Å². The summed E-state index contributed by atoms with van der Waals surface area (Å²) in [5.74, 6) is 0.702. The van der Waals surface area contributed by atoms with Gasteiger partial charge in [0.25, 0.3) is 5.91 Å². The fourth-order valence-corrected chi connectivity index (χ4v) is 7.22. The Morgan fingerprint density at radius 3 is 2.36 bits per heavy atom. The van der Waals surface area contributed by atoms with Crippen molar-refractivity contribution >= 4 is 35.1 Å². The zero-order valence-corrected chi connectivity index (χ0v) is 19.6. The molecule has 1 heterocycles. The van der Waals surface area contributed by atoms with Crippen LogP contribution in [0.3, 0.4) is 0 Å². The number of esters is 1. The molecule has 1 aliphatic heterocycles. The van der Waals surface area contributed by atoms with Crippen molar-refractivity contribution in [2.45, 2.75) is 64.0 Å². The highest BCUT2D eigenvalue weighted by Crippen LogP contribution is 2.60. The van der Waals surface area contributed by atoms with Crippen LogP contribution in [0.4, 0.5) is 5.69 Å². The Hall–Kier alpha value is -2.12. The number of aliphatic hydroxyl groups excluding tert-OH is 1. The summed E-state index contributed by atoms with van der Waals surface area (Å²) in [6.07, 6.45) is 5.75. The summed E-state index contributed by atoms with van der Waals surface area (Å²) in [7, 11) is 0. The predicted molar refractivity (Wildman–Crippen MR) is 123 cm³/mol. The van der Waals surface area contributed by atoms with Crippen LogP contribution in [-0.2, 0) is 19.1 Å². The van der Waals surface area contributed by atoms with Crippen LogP contribution in [-0.4, -0.2) is 53.1 Å². The largest absolute Gasteiger partial charge is 0.454 e. The van der Waals surface area contributed by atoms with E-state index in [0.717, 1.165) is 24.8 Å². The molecule has 8 heteroatoms. The molecule has 7 nitrogen and oxygen atoms in total. The second-order valence-corrected chi connectivity index (χ2v) is 11.1. The van der Waals surface area contributed by atoms with E-state index in [9.17, 15) is 19.5 Å². The molecule has 0 radical (unpaired) electrons. The third-order valence-electron chi connectivity index (χ3n) is 8.10. The molecule has 5 fully saturated rings. The highest BCUT2D eigenvalue weighted by molar-refractivity contribution is 6.31. The quantitative estimate of drug-likeness (QED) is 0.638. The average Bonchev–Trinajstić information content (AvgIpc) is 3.15. The number of nitrogens with one attached hydrogen (secondary N) is 1. The van der Waals surface area contributed by atoms with E-state index in [-0.39, 0.29) is 24.3 Å². The second-order valence-electron chi connectivity index (χ2n) is 10.7. The van der Waals surface area contributed by atoms with Crippen molar-refractivity contribution in [2.24, 2.45) is 23.2 Å². The number of carbonyl (C=O) groups is 3. The highest BCUT2D eigenvalue weighted by atomic mass is 35.5. The predicted octanol–water partition coefficient (Wildman–Crippen LogP) is 3.31. The van der Waals surface area contributed by atoms with Gasteiger partial charge in [0, 0.05) is 23.7 Å². The van der Waals surface area contributed by atoms with Crippen molar-refractivity contribution in [1.29, 1.82) is 0 Å². The molecule has 1 aromatic rings. The van der Waals surface area contributed by atoms with Crippen molar-refractivity contribution in [3.63, 3.8) is 0 Å². The molecular weight excluding hydrogens is 444 g/mol. The van der Waals surface area contributed by atoms with Gasteiger partial charge in [-0.1, -0.05) is 17.7 Å². The first-order valence-corrected chi connectivity index (χ1v) is 12.3. The molecule has 1 unspecified atom stereocenters. The Morgan fingerprint density at radius 1 is 1.12 bits per heavy atom. The number of aliphatic hydroxyl groups is 1. The molecule has 0 aromatic heterocycles. The fourth-order valence-electron chi connectivity index (χ4n) is 7.04. The number of hydrogen-bond acceptors (Lipinski definition) is 5. The monoisotopic (exact) mass is 474 g/mol. The molecule has 0 spiro atoms. The lowest BCUT2D eigenvalue weighted by Gasteiger charge is -2.56. The van der Waals surface area contributed by atoms with E-state index in [1.54, 1.807) is 18.2 Å². The number of carbonyl (C=O) groups excluding carboxylic acids is 3. The van der Waals surface area contributed by atoms with Crippen LogP contribution < -0.4 is 5.32 Å². The molecule has 178 valence electrons. The number of benzene rings is 1. The number of nitrogens with zero attached hydrogens (tertiary/aromatic N) is 1. The zero-order valence-electron chi connectivity index (χ0n) is 18.9. The van der Waals surface area contributed by atoms with Gasteiger partial charge in [-0.3, -0.25) is 9.59 Å². The number of amides is 2. The van der Waals surface area contributed by atoms with Crippen molar-refractivity contribution in [1.82, 2.24) is 4.90 Å². The number of rotatable bonds is 5. The average molecular weight is 475 g/mol. The van der Waals surface area contributed by atoms with E-state index in [1.165, 1.54) is 24.2 Å². The lowest BCUT2D eigenvalue weighted by atomic mass is 9.49. The van der Waals surface area contributed by atoms with Crippen LogP contribution in [0.1, 0.15) is 50.5 Å². The van der Waals surface area contributed by atoms with Gasteiger partial charge in [0.2, 0.25) is 5.91 Å². The standard InChI is InChI=1S/C25H31ClN2O5/c1-14-2-3-18(7-20(14)26)27-22(30)13-33-23(31)21-8-19(29)12-28(21)24(32)25-9-15-4-16(10-25)6-17(5-15)11-25/h2-3,7,15-17,19,21,29H,4-6,8-13H2,1H3,(H,27,30)/t15?,16?,17?,19?,21-,25?/m0/s1. The first-order valence-electron chi connectivity index (χ1n) is 11.9. The fraction of sp³-hybridized carbons (Fsp3) is 0.640. The summed E-state index contributed by atoms with van der Waals surface area (Å²) in [4.78, 5) is 40.4. The van der Waals surface area contributed by atoms with Gasteiger partial charge >= 0.3 is 5.97 Å². The Kier molecular flexibility index (Phi) is 5.90. The Morgan fingerprint density at radius 2 is 1.76 bits per heavy atom. The number of halogens is 1. The molecular formula is C25H31ClN2O5. The van der Waals surface area contributed by atoms with E-state index >= 15 is 0 Å². The van der Waals surface area contributed by atoms with Gasteiger partial charge in [-0.05, 0) is 80.9 Å². The van der Waals surface area contributed by atoms with E-state index in [4.69, 9.17) is 16.3 Å². The van der Waals surface area contributed by atoms with Crippen molar-refractivity contribution < 1.29 is 24.2 Å². The summed E-state index contributed by atoms with van der Waals surface area (Å²) in [6.45, 7) is 1.55. The Balaban J connectivity index is 1.21. The number of ether oxygens (including phenoxy) is 1. The summed E-state index contributed by atoms with van der Waals surface area (Å²) >= 11 is 6.08. The molecule has 4 bridgehead atoms. The van der Waals surface area contributed by atoms with Gasteiger partial charge in [0.15, 0.2) is 6.61 Å². The van der Waals surface area contributed by atoms with Gasteiger partial charge in [-0.25, -0.2) is 4.79 Å². The third-order valence-corrected chi connectivity index (χ3v) is 8.51. The smallest absolute Gasteiger partial charge is 0.329 e. The maximum atomic E-state index is 13.7. The maximum absolute atomic E-state index is 13.7. The van der Waals surface area contributed by atoms with Crippen LogP contribution in [0.15, 0.2) is 18.2 Å². The molecule has 4 aliphatic carbocycles. The summed E-state index contributed by atoms with van der Waals surface area (Å²) in [6, 6.07) is 4.30. The molecule has 33 heavy (non-hydrogen) atoms. The summed E-state index contributed by atoms with van der Waals surface area (Å²) in [5.41, 5.74) is 1.02. The molecule has 1 saturated heterocycles. The summed E-state index contributed by atoms with van der Waals surface area (Å²) in [5, 5.41) is 13.5. The van der Waals surface area contributed by atoms with Gasteiger partial charge < -0.3 is 20.1 Å². The van der Waals surface area contributed by atoms with E-state index in [0.29, 0.717) is 28.5 Å². The van der Waals surface area contributed by atoms with Crippen molar-refractivity contribution in [3.05, 3.63) is 28.8 Å². The number of likely N-dealkylation sites (tertiary alicyclic amines) is 1. The van der Waals surface area contributed by atoms with Gasteiger partial charge in [-0.2, -0.15) is 0 Å². The molecule has 2 amide bonds. The first kappa shape index (κ1) is 22.7. The SMILES string of the molecule is Cc1ccc(NC(=O)COC(=O)[C@@H]2CC(O)CN2C(=O)C23CC4CC(CC(C4)C2)C3)cc1Cl. The molecule has 5 aliphatic rings. The van der Waals surface area contributed by atoms with Crippen molar-refractivity contribution in [3.8, 4) is 0 Å². The minimum atomic E-state index is -0.845. The van der Waals surface area contributed by atoms with Crippen LogP contribution in [0, 0.1) is 30.1 Å². The normalized spacial score (nSPS) is 34.4. The minimum Gasteiger partial charge on any atom is -0.454 e. The van der Waals surface area contributed by atoms with Crippen LogP contribution in [0.25, 0.3) is 0 Å². The number of aryl methyl sites for hydroxylation is 1. The van der Waals surface area contributed by atoms with Crippen LogP contribution in [0.2, 0.25) is 5.02 Å². The second kappa shape index (κ2) is 8.58. The highest BCUT2D eigenvalue weighted by Gasteiger charge is 2.57. The van der Waals surface area contributed by atoms with Crippen LogP contribution in [0.5, 0.6) is 0 Å². The molecule has 4 saturated carbocycles. The van der Waals surface area contributed by atoms with Gasteiger partial charge in [0.1, 0.15) is 6.04 Å². The zero-order chi connectivity index (χ0) is 23.3. The van der Waals surface area contributed by atoms with Gasteiger partial charge in [-0.15, -0.1) is 0 Å². The maximum Gasteiger partial charge on any atom is 0.329 e. The lowest BCUT2D eigenvalue weighted by Crippen LogP contribution is -2.56. The number of β-amino-alcohol motifs (C(OH)–C–C–N with tert-alkyl or cyclic N) is 1. The van der Waals surface area contributed by atoms with Gasteiger partial charge in [0.05, 0.1) is 11.5 Å². The number of hydrogen-bond donors (Lipinski definition) is 2. The third kappa shape index (κ3) is 4.37. The molecule has 2 N–H and O–H groups in total. The molecule has 1 aromatic carbocycles. The first-order chi connectivity index (χ1) is 15.7. The lowest BCUT2D eigenvalue weighted by molar-refractivity contribution is -0.166. The van der Waals surface area contributed by atoms with Crippen molar-refractivity contribution in [2.75, 3.05) is 18.5 Å². The molecule has 6 rings (SSSR count). The Labute approximate surface area is 198 Å². The van der Waals surface area contributed by atoms with E-state index in [2.05, 4.69) is 5.32 Å². The minimum absolute atomic E-state index is 0.00107. The molecule has 2 atom stereocenters. The number of anilines is 1. The van der Waals surface area contributed by atoms with E-state index < -0.39 is 30.6 Å². The summed E-state index contributed by atoms with van der Waals surface area (Å²) < 4.78 is 5.27. The van der Waals surface area contributed by atoms with E-state index in [1.807, 2.05) is 6.92 Å². The Bertz CT molecular complexity index is 944. The van der Waals surface area contributed by atoms with Crippen LogP contribution >= 0.6 is 11.6 Å².